The first kappa shape index (κ1) is 21.3. The van der Waals surface area contributed by atoms with Gasteiger partial charge in [0, 0.05) is 13.0 Å². The Morgan fingerprint density at radius 1 is 1.18 bits per heavy atom. The summed E-state index contributed by atoms with van der Waals surface area (Å²) in [5.41, 5.74) is 0.513. The van der Waals surface area contributed by atoms with Crippen LogP contribution in [0.1, 0.15) is 18.4 Å². The quantitative estimate of drug-likeness (QED) is 0.706. The monoisotopic (exact) mass is 395 g/mol. The molecule has 8 heteroatoms. The highest BCUT2D eigenvalue weighted by atomic mass is 19.4. The first-order valence-corrected chi connectivity index (χ1v) is 8.58. The molecule has 5 nitrogen and oxygen atoms in total. The number of carboxylic acid groups (broad SMARTS) is 1. The molecule has 0 bridgehead atoms. The Hall–Kier alpha value is -3.03. The number of halogens is 3. The normalized spacial score (nSPS) is 14.0. The summed E-state index contributed by atoms with van der Waals surface area (Å²) < 4.78 is 43.8. The van der Waals surface area contributed by atoms with Crippen LogP contribution in [0, 0.1) is 0 Å². The molecule has 2 rings (SSSR count). The van der Waals surface area contributed by atoms with E-state index in [0.717, 1.165) is 17.7 Å². The number of aryl methyl sites for hydroxylation is 1. The highest BCUT2D eigenvalue weighted by Crippen LogP contribution is 2.29. The number of allylic oxidation sites excluding steroid dienone is 5. The van der Waals surface area contributed by atoms with Gasteiger partial charge in [0.2, 0.25) is 0 Å². The number of ether oxygens (including phenoxy) is 1. The predicted molar refractivity (Wildman–Crippen MR) is 96.9 cm³/mol. The molecule has 0 aromatic heterocycles. The SMILES string of the molecule is O=C(O)CCc1ccc(OCC(=O)NCC2=CC(C(F)(F)F)=CC=CC2)cc1. The fraction of sp³-hybridized carbons (Fsp3) is 0.300. The highest BCUT2D eigenvalue weighted by molar-refractivity contribution is 5.77. The Morgan fingerprint density at radius 2 is 1.89 bits per heavy atom. The van der Waals surface area contributed by atoms with Crippen LogP contribution in [0.4, 0.5) is 13.2 Å². The van der Waals surface area contributed by atoms with Crippen LogP contribution < -0.4 is 10.1 Å². The number of carbonyl (C=O) groups is 2. The summed E-state index contributed by atoms with van der Waals surface area (Å²) >= 11 is 0. The van der Waals surface area contributed by atoms with E-state index >= 15 is 0 Å². The number of rotatable bonds is 8. The minimum Gasteiger partial charge on any atom is -0.484 e. The Kier molecular flexibility index (Phi) is 7.43. The molecule has 1 amide bonds. The zero-order chi connectivity index (χ0) is 20.6. The molecule has 1 aromatic carbocycles. The molecule has 0 unspecified atom stereocenters. The maximum Gasteiger partial charge on any atom is 0.416 e. The smallest absolute Gasteiger partial charge is 0.416 e. The number of nitrogens with one attached hydrogen (secondary N) is 1. The van der Waals surface area contributed by atoms with Gasteiger partial charge in [0.1, 0.15) is 5.75 Å². The number of hydrogen-bond acceptors (Lipinski definition) is 3. The van der Waals surface area contributed by atoms with Crippen LogP contribution in [-0.2, 0) is 16.0 Å². The summed E-state index contributed by atoms with van der Waals surface area (Å²) in [5.74, 6) is -0.899. The van der Waals surface area contributed by atoms with E-state index < -0.39 is 23.6 Å². The Bertz CT molecular complexity index is 793. The molecule has 1 aliphatic rings. The summed E-state index contributed by atoms with van der Waals surface area (Å²) in [7, 11) is 0. The van der Waals surface area contributed by atoms with Crippen molar-refractivity contribution >= 4 is 11.9 Å². The molecule has 2 N–H and O–H groups in total. The summed E-state index contributed by atoms with van der Waals surface area (Å²) in [6, 6.07) is 6.68. The third kappa shape index (κ3) is 7.30. The summed E-state index contributed by atoms with van der Waals surface area (Å²) in [5, 5.41) is 11.2. The molecular weight excluding hydrogens is 375 g/mol. The number of amides is 1. The fourth-order valence-electron chi connectivity index (χ4n) is 2.43. The standard InChI is InChI=1S/C20H20F3NO4/c21-20(22,23)16-4-2-1-3-15(11-16)12-24-18(25)13-28-17-8-5-14(6-9-17)7-10-19(26)27/h1-2,4-6,8-9,11H,3,7,10,12-13H2,(H,24,25)(H,26,27). The molecule has 150 valence electrons. The molecule has 0 radical (unpaired) electrons. The number of benzene rings is 1. The number of aliphatic carboxylic acids is 1. The van der Waals surface area contributed by atoms with E-state index in [2.05, 4.69) is 5.32 Å². The van der Waals surface area contributed by atoms with Crippen LogP contribution >= 0.6 is 0 Å². The van der Waals surface area contributed by atoms with Crippen LogP contribution in [0.2, 0.25) is 0 Å². The summed E-state index contributed by atoms with van der Waals surface area (Å²) in [4.78, 5) is 22.4. The molecule has 0 aliphatic heterocycles. The van der Waals surface area contributed by atoms with Crippen molar-refractivity contribution in [1.82, 2.24) is 5.32 Å². The van der Waals surface area contributed by atoms with Crippen molar-refractivity contribution in [3.63, 3.8) is 0 Å². The van der Waals surface area contributed by atoms with Crippen LogP contribution in [0.5, 0.6) is 5.75 Å². The van der Waals surface area contributed by atoms with Gasteiger partial charge in [0.25, 0.3) is 5.91 Å². The van der Waals surface area contributed by atoms with E-state index in [0.29, 0.717) is 24.2 Å². The van der Waals surface area contributed by atoms with Crippen molar-refractivity contribution in [2.75, 3.05) is 13.2 Å². The number of carboxylic acids is 1. The molecule has 0 saturated carbocycles. The molecule has 0 spiro atoms. The Balaban J connectivity index is 1.80. The van der Waals surface area contributed by atoms with E-state index in [9.17, 15) is 22.8 Å². The molecule has 1 aromatic rings. The third-order valence-electron chi connectivity index (χ3n) is 3.91. The van der Waals surface area contributed by atoms with Gasteiger partial charge in [-0.2, -0.15) is 13.2 Å². The van der Waals surface area contributed by atoms with E-state index in [1.165, 1.54) is 6.08 Å². The molecule has 0 fully saturated rings. The highest BCUT2D eigenvalue weighted by Gasteiger charge is 2.32. The maximum atomic E-state index is 12.8. The number of hydrogen-bond donors (Lipinski definition) is 2. The first-order valence-electron chi connectivity index (χ1n) is 8.58. The van der Waals surface area contributed by atoms with Gasteiger partial charge < -0.3 is 15.2 Å². The van der Waals surface area contributed by atoms with Gasteiger partial charge >= 0.3 is 12.1 Å². The van der Waals surface area contributed by atoms with Gasteiger partial charge in [-0.3, -0.25) is 9.59 Å². The lowest BCUT2D eigenvalue weighted by Crippen LogP contribution is -2.30. The van der Waals surface area contributed by atoms with Gasteiger partial charge in [-0.15, -0.1) is 0 Å². The van der Waals surface area contributed by atoms with Crippen molar-refractivity contribution in [1.29, 1.82) is 0 Å². The molecule has 28 heavy (non-hydrogen) atoms. The number of alkyl halides is 3. The van der Waals surface area contributed by atoms with E-state index in [1.54, 1.807) is 30.3 Å². The van der Waals surface area contributed by atoms with Crippen molar-refractivity contribution in [3.05, 3.63) is 65.3 Å². The molecule has 0 atom stereocenters. The van der Waals surface area contributed by atoms with E-state index in [4.69, 9.17) is 9.84 Å². The van der Waals surface area contributed by atoms with Crippen LogP contribution in [0.3, 0.4) is 0 Å². The van der Waals surface area contributed by atoms with Gasteiger partial charge in [-0.1, -0.05) is 30.4 Å². The second-order valence-electron chi connectivity index (χ2n) is 6.16. The van der Waals surface area contributed by atoms with Gasteiger partial charge in [-0.05, 0) is 42.2 Å². The molecule has 0 saturated heterocycles. The van der Waals surface area contributed by atoms with Gasteiger partial charge in [0.05, 0.1) is 5.57 Å². The average Bonchev–Trinajstić information content (AvgIpc) is 2.89. The van der Waals surface area contributed by atoms with Crippen molar-refractivity contribution in [2.24, 2.45) is 0 Å². The second-order valence-corrected chi connectivity index (χ2v) is 6.16. The number of carbonyl (C=O) groups excluding carboxylic acids is 1. The average molecular weight is 395 g/mol. The van der Waals surface area contributed by atoms with Crippen LogP contribution in [0.15, 0.2) is 59.7 Å². The Labute approximate surface area is 160 Å². The molecule has 1 aliphatic carbocycles. The lowest BCUT2D eigenvalue weighted by Gasteiger charge is -2.11. The minimum absolute atomic E-state index is 0.00587. The lowest BCUT2D eigenvalue weighted by atomic mass is 10.1. The predicted octanol–water partition coefficient (Wildman–Crippen LogP) is 3.57. The summed E-state index contributed by atoms with van der Waals surface area (Å²) in [6.45, 7) is -0.284. The van der Waals surface area contributed by atoms with E-state index in [-0.39, 0.29) is 19.6 Å². The first-order chi connectivity index (χ1) is 13.2. The molecular formula is C20H20F3NO4. The molecule has 0 heterocycles. The topological polar surface area (TPSA) is 75.6 Å². The summed E-state index contributed by atoms with van der Waals surface area (Å²) in [6.07, 6.45) is 1.27. The maximum absolute atomic E-state index is 12.8. The minimum atomic E-state index is -4.44. The van der Waals surface area contributed by atoms with E-state index in [1.807, 2.05) is 0 Å². The van der Waals surface area contributed by atoms with Crippen molar-refractivity contribution < 1.29 is 32.6 Å². The van der Waals surface area contributed by atoms with Crippen LogP contribution in [-0.4, -0.2) is 36.3 Å². The largest absolute Gasteiger partial charge is 0.484 e. The van der Waals surface area contributed by atoms with Gasteiger partial charge in [-0.25, -0.2) is 0 Å². The van der Waals surface area contributed by atoms with Crippen molar-refractivity contribution in [3.8, 4) is 5.75 Å². The second kappa shape index (κ2) is 9.77. The van der Waals surface area contributed by atoms with Crippen molar-refractivity contribution in [2.45, 2.75) is 25.4 Å². The Morgan fingerprint density at radius 3 is 2.54 bits per heavy atom. The van der Waals surface area contributed by atoms with Crippen LogP contribution in [0.25, 0.3) is 0 Å². The van der Waals surface area contributed by atoms with Gasteiger partial charge in [0.15, 0.2) is 6.61 Å². The zero-order valence-electron chi connectivity index (χ0n) is 15.0. The zero-order valence-corrected chi connectivity index (χ0v) is 15.0. The fourth-order valence-corrected chi connectivity index (χ4v) is 2.43. The third-order valence-corrected chi connectivity index (χ3v) is 3.91. The lowest BCUT2D eigenvalue weighted by molar-refractivity contribution is -0.137.